The van der Waals surface area contributed by atoms with E-state index in [0.717, 1.165) is 4.90 Å². The van der Waals surface area contributed by atoms with Crippen LogP contribution in [0.25, 0.3) is 0 Å². The van der Waals surface area contributed by atoms with Crippen LogP contribution in [-0.4, -0.2) is 47.7 Å². The van der Waals surface area contributed by atoms with Crippen LogP contribution in [-0.2, 0) is 9.59 Å². The van der Waals surface area contributed by atoms with Crippen molar-refractivity contribution in [1.29, 1.82) is 0 Å². The number of carbonyl (C=O) groups is 4. The van der Waals surface area contributed by atoms with Crippen LogP contribution >= 0.6 is 12.4 Å². The van der Waals surface area contributed by atoms with Gasteiger partial charge >= 0.3 is 0 Å². The molecule has 0 bridgehead atoms. The highest BCUT2D eigenvalue weighted by atomic mass is 35.5. The Hall–Kier alpha value is -2.45. The summed E-state index contributed by atoms with van der Waals surface area (Å²) in [5.74, 6) is -1.93. The monoisotopic (exact) mass is 353 g/mol. The number of halogens is 1. The summed E-state index contributed by atoms with van der Waals surface area (Å²) in [7, 11) is 0. The number of hydrogen-bond donors (Lipinski definition) is 2. The molecular formula is C15H16ClN3O5. The van der Waals surface area contributed by atoms with E-state index in [-0.39, 0.29) is 55.3 Å². The number of benzene rings is 1. The molecule has 0 saturated carbocycles. The van der Waals surface area contributed by atoms with Gasteiger partial charge in [0.15, 0.2) is 0 Å². The molecule has 8 nitrogen and oxygen atoms in total. The number of nitrogens with one attached hydrogen (secondary N) is 1. The first-order valence-electron chi connectivity index (χ1n) is 7.22. The molecule has 1 unspecified atom stereocenters. The lowest BCUT2D eigenvalue weighted by Crippen LogP contribution is -2.54. The van der Waals surface area contributed by atoms with Gasteiger partial charge in [0.2, 0.25) is 11.8 Å². The molecule has 24 heavy (non-hydrogen) atoms. The fraction of sp³-hybridized carbons (Fsp3) is 0.333. The van der Waals surface area contributed by atoms with Crippen molar-refractivity contribution in [3.63, 3.8) is 0 Å². The van der Waals surface area contributed by atoms with Crippen LogP contribution in [0.3, 0.4) is 0 Å². The molecule has 1 atom stereocenters. The Kier molecular flexibility index (Phi) is 5.20. The molecule has 9 heteroatoms. The lowest BCUT2D eigenvalue weighted by Gasteiger charge is -2.27. The van der Waals surface area contributed by atoms with Crippen molar-refractivity contribution < 1.29 is 23.9 Å². The molecular weight excluding hydrogens is 338 g/mol. The summed E-state index contributed by atoms with van der Waals surface area (Å²) in [5, 5.41) is 2.15. The Labute approximate surface area is 143 Å². The normalized spacial score (nSPS) is 19.7. The third kappa shape index (κ3) is 2.85. The van der Waals surface area contributed by atoms with Crippen LogP contribution < -0.4 is 15.8 Å². The van der Waals surface area contributed by atoms with E-state index in [1.54, 1.807) is 12.1 Å². The van der Waals surface area contributed by atoms with Crippen molar-refractivity contribution in [2.24, 2.45) is 5.73 Å². The lowest BCUT2D eigenvalue weighted by atomic mass is 10.0. The van der Waals surface area contributed by atoms with E-state index in [1.807, 2.05) is 0 Å². The largest absolute Gasteiger partial charge is 0.491 e. The molecule has 128 valence electrons. The average Bonchev–Trinajstić information content (AvgIpc) is 2.78. The number of nitrogens with zero attached hydrogens (tertiary/aromatic N) is 1. The van der Waals surface area contributed by atoms with E-state index in [9.17, 15) is 19.2 Å². The minimum absolute atomic E-state index is 0. The van der Waals surface area contributed by atoms with Crippen molar-refractivity contribution in [2.45, 2.75) is 18.9 Å². The quantitative estimate of drug-likeness (QED) is 0.726. The van der Waals surface area contributed by atoms with Gasteiger partial charge in [-0.2, -0.15) is 0 Å². The Morgan fingerprint density at radius 2 is 1.96 bits per heavy atom. The van der Waals surface area contributed by atoms with Crippen molar-refractivity contribution in [3.8, 4) is 5.75 Å². The molecule has 1 aromatic rings. The average molecular weight is 354 g/mol. The first kappa shape index (κ1) is 17.9. The second kappa shape index (κ2) is 6.98. The molecule has 2 heterocycles. The molecule has 1 aromatic carbocycles. The van der Waals surface area contributed by atoms with Crippen LogP contribution in [0.5, 0.6) is 5.75 Å². The Balaban J connectivity index is 0.00000208. The van der Waals surface area contributed by atoms with Gasteiger partial charge in [-0.15, -0.1) is 12.4 Å². The topological polar surface area (TPSA) is 119 Å². The minimum atomic E-state index is -0.984. The first-order valence-corrected chi connectivity index (χ1v) is 7.22. The van der Waals surface area contributed by atoms with Gasteiger partial charge < -0.3 is 10.5 Å². The molecule has 0 aromatic heterocycles. The maximum Gasteiger partial charge on any atom is 0.266 e. The second-order valence-electron chi connectivity index (χ2n) is 5.26. The number of imide groups is 2. The van der Waals surface area contributed by atoms with Crippen LogP contribution in [0.2, 0.25) is 0 Å². The summed E-state index contributed by atoms with van der Waals surface area (Å²) in [4.78, 5) is 49.3. The number of rotatable bonds is 4. The maximum atomic E-state index is 12.6. The summed E-state index contributed by atoms with van der Waals surface area (Å²) in [6.45, 7) is 0.471. The smallest absolute Gasteiger partial charge is 0.266 e. The van der Waals surface area contributed by atoms with Gasteiger partial charge in [0.05, 0.1) is 11.1 Å². The number of carbonyl (C=O) groups excluding carboxylic acids is 4. The number of fused-ring (bicyclic) bond motifs is 1. The number of hydrogen-bond acceptors (Lipinski definition) is 6. The Bertz CT molecular complexity index is 721. The van der Waals surface area contributed by atoms with Gasteiger partial charge in [-0.25, -0.2) is 0 Å². The maximum absolute atomic E-state index is 12.6. The van der Waals surface area contributed by atoms with Gasteiger partial charge in [0.1, 0.15) is 18.4 Å². The zero-order valence-electron chi connectivity index (χ0n) is 12.6. The van der Waals surface area contributed by atoms with Gasteiger partial charge in [0, 0.05) is 13.0 Å². The van der Waals surface area contributed by atoms with Gasteiger partial charge in [-0.05, 0) is 18.6 Å². The highest BCUT2D eigenvalue weighted by Crippen LogP contribution is 2.33. The van der Waals surface area contributed by atoms with E-state index in [4.69, 9.17) is 10.5 Å². The summed E-state index contributed by atoms with van der Waals surface area (Å²) in [6.07, 6.45) is 0.204. The van der Waals surface area contributed by atoms with E-state index < -0.39 is 29.7 Å². The first-order chi connectivity index (χ1) is 11.0. The van der Waals surface area contributed by atoms with Crippen molar-refractivity contribution >= 4 is 36.0 Å². The molecule has 3 N–H and O–H groups in total. The summed E-state index contributed by atoms with van der Waals surface area (Å²) in [5.41, 5.74) is 5.71. The summed E-state index contributed by atoms with van der Waals surface area (Å²) in [6, 6.07) is 3.70. The molecule has 1 saturated heterocycles. The van der Waals surface area contributed by atoms with Crippen LogP contribution in [0.1, 0.15) is 33.6 Å². The predicted molar refractivity (Wildman–Crippen MR) is 84.9 cm³/mol. The van der Waals surface area contributed by atoms with E-state index in [1.165, 1.54) is 6.07 Å². The molecule has 0 spiro atoms. The van der Waals surface area contributed by atoms with Gasteiger partial charge in [-0.1, -0.05) is 6.07 Å². The lowest BCUT2D eigenvalue weighted by molar-refractivity contribution is -0.136. The molecule has 3 rings (SSSR count). The molecule has 1 fully saturated rings. The zero-order valence-corrected chi connectivity index (χ0v) is 13.4. The number of piperidine rings is 1. The van der Waals surface area contributed by atoms with Gasteiger partial charge in [-0.3, -0.25) is 29.4 Å². The van der Waals surface area contributed by atoms with Crippen molar-refractivity contribution in [2.75, 3.05) is 13.2 Å². The molecule has 0 aliphatic carbocycles. The number of nitrogens with two attached hydrogens (primary N) is 1. The van der Waals surface area contributed by atoms with Gasteiger partial charge in [0.25, 0.3) is 11.8 Å². The third-order valence-electron chi connectivity index (χ3n) is 3.81. The predicted octanol–water partition coefficient (Wildman–Crippen LogP) is -0.153. The highest BCUT2D eigenvalue weighted by molar-refractivity contribution is 6.24. The number of amides is 4. The molecule has 2 aliphatic heterocycles. The second-order valence-corrected chi connectivity index (χ2v) is 5.26. The molecule has 2 aliphatic rings. The van der Waals surface area contributed by atoms with E-state index in [0.29, 0.717) is 0 Å². The SMILES string of the molecule is Cl.NCCOc1cccc2c1C(=O)N(C1CCC(=O)NC1=O)C2=O. The standard InChI is InChI=1S/C15H15N3O5.ClH/c16-6-7-23-10-3-1-2-8-12(10)15(22)18(14(8)21)9-4-5-11(19)17-13(9)20;/h1-3,9H,4-7,16H2,(H,17,19,20);1H. The van der Waals surface area contributed by atoms with Crippen molar-refractivity contribution in [3.05, 3.63) is 29.3 Å². The third-order valence-corrected chi connectivity index (χ3v) is 3.81. The molecule has 4 amide bonds. The van der Waals surface area contributed by atoms with E-state index >= 15 is 0 Å². The fourth-order valence-corrected chi connectivity index (χ4v) is 2.77. The van der Waals surface area contributed by atoms with Crippen LogP contribution in [0.15, 0.2) is 18.2 Å². The van der Waals surface area contributed by atoms with E-state index in [2.05, 4.69) is 5.32 Å². The minimum Gasteiger partial charge on any atom is -0.491 e. The zero-order chi connectivity index (χ0) is 16.6. The van der Waals surface area contributed by atoms with Crippen molar-refractivity contribution in [1.82, 2.24) is 10.2 Å². The molecule has 0 radical (unpaired) electrons. The summed E-state index contributed by atoms with van der Waals surface area (Å²) >= 11 is 0. The fourth-order valence-electron chi connectivity index (χ4n) is 2.77. The van der Waals surface area contributed by atoms with Crippen LogP contribution in [0, 0.1) is 0 Å². The number of ether oxygens (including phenoxy) is 1. The van der Waals surface area contributed by atoms with Crippen LogP contribution in [0.4, 0.5) is 0 Å². The Morgan fingerprint density at radius 3 is 2.62 bits per heavy atom. The summed E-state index contributed by atoms with van der Waals surface area (Å²) < 4.78 is 5.42. The highest BCUT2D eigenvalue weighted by Gasteiger charge is 2.45. The Morgan fingerprint density at radius 1 is 1.21 bits per heavy atom.